The van der Waals surface area contributed by atoms with Gasteiger partial charge in [0.1, 0.15) is 5.82 Å². The molecule has 3 nitrogen and oxygen atoms in total. The molecular weight excluding hydrogens is 225 g/mol. The van der Waals surface area contributed by atoms with Gasteiger partial charge in [0.15, 0.2) is 5.16 Å². The topological polar surface area (TPSA) is 51.8 Å². The largest absolute Gasteiger partial charge is 0.399 e. The molecule has 5 heteroatoms. The summed E-state index contributed by atoms with van der Waals surface area (Å²) in [6.45, 7) is 1.90. The first-order chi connectivity index (χ1) is 7.65. The second-order valence-electron chi connectivity index (χ2n) is 3.33. The quantitative estimate of drug-likeness (QED) is 0.642. The van der Waals surface area contributed by atoms with Crippen LogP contribution in [0.5, 0.6) is 0 Å². The minimum atomic E-state index is -0.353. The highest BCUT2D eigenvalue weighted by atomic mass is 32.2. The minimum Gasteiger partial charge on any atom is -0.399 e. The Kier molecular flexibility index (Phi) is 3.05. The van der Waals surface area contributed by atoms with Gasteiger partial charge in [0.2, 0.25) is 0 Å². The van der Waals surface area contributed by atoms with Gasteiger partial charge in [0.25, 0.3) is 0 Å². The molecule has 2 N–H and O–H groups in total. The summed E-state index contributed by atoms with van der Waals surface area (Å²) in [5, 5.41) is 0.522. The molecule has 1 heterocycles. The fourth-order valence-electron chi connectivity index (χ4n) is 1.13. The molecule has 0 aliphatic carbocycles. The second kappa shape index (κ2) is 4.49. The minimum absolute atomic E-state index is 0.353. The molecule has 0 amide bonds. The molecule has 2 aromatic rings. The summed E-state index contributed by atoms with van der Waals surface area (Å²) in [6.07, 6.45) is 3.40. The Hall–Kier alpha value is -1.62. The van der Waals surface area contributed by atoms with Crippen LogP contribution in [0.25, 0.3) is 0 Å². The average molecular weight is 235 g/mol. The van der Waals surface area contributed by atoms with Gasteiger partial charge in [0, 0.05) is 18.1 Å². The smallest absolute Gasteiger partial charge is 0.192 e. The highest BCUT2D eigenvalue weighted by Crippen LogP contribution is 2.27. The number of rotatable bonds is 2. The van der Waals surface area contributed by atoms with Gasteiger partial charge >= 0.3 is 0 Å². The molecule has 0 unspecified atom stereocenters. The highest BCUT2D eigenvalue weighted by molar-refractivity contribution is 7.99. The van der Waals surface area contributed by atoms with Crippen molar-refractivity contribution in [3.8, 4) is 0 Å². The van der Waals surface area contributed by atoms with Gasteiger partial charge in [-0.3, -0.25) is 0 Å². The summed E-state index contributed by atoms with van der Waals surface area (Å²) in [6, 6.07) is 4.56. The molecule has 0 saturated heterocycles. The van der Waals surface area contributed by atoms with E-state index in [-0.39, 0.29) is 5.82 Å². The Morgan fingerprint density at radius 2 is 1.94 bits per heavy atom. The van der Waals surface area contributed by atoms with Gasteiger partial charge in [-0.25, -0.2) is 14.4 Å². The number of anilines is 1. The first-order valence-electron chi connectivity index (χ1n) is 4.66. The number of hydrogen-bond acceptors (Lipinski definition) is 4. The Labute approximate surface area is 96.9 Å². The van der Waals surface area contributed by atoms with E-state index in [0.717, 1.165) is 5.56 Å². The zero-order valence-corrected chi connectivity index (χ0v) is 9.46. The van der Waals surface area contributed by atoms with Crippen molar-refractivity contribution in [2.75, 3.05) is 5.73 Å². The van der Waals surface area contributed by atoms with E-state index in [1.165, 1.54) is 17.8 Å². The van der Waals surface area contributed by atoms with E-state index in [0.29, 0.717) is 15.7 Å². The number of aryl methyl sites for hydroxylation is 1. The van der Waals surface area contributed by atoms with Crippen LogP contribution in [0, 0.1) is 12.7 Å². The lowest BCUT2D eigenvalue weighted by molar-refractivity contribution is 0.602. The predicted molar refractivity (Wildman–Crippen MR) is 61.7 cm³/mol. The van der Waals surface area contributed by atoms with E-state index >= 15 is 0 Å². The average Bonchev–Trinajstić information content (AvgIpc) is 2.25. The van der Waals surface area contributed by atoms with Crippen molar-refractivity contribution in [1.82, 2.24) is 9.97 Å². The molecule has 0 atom stereocenters. The number of aromatic nitrogens is 2. The van der Waals surface area contributed by atoms with Crippen LogP contribution >= 0.6 is 11.8 Å². The van der Waals surface area contributed by atoms with Crippen LogP contribution in [0.3, 0.4) is 0 Å². The summed E-state index contributed by atoms with van der Waals surface area (Å²) in [4.78, 5) is 8.65. The first kappa shape index (κ1) is 10.9. The van der Waals surface area contributed by atoms with Crippen molar-refractivity contribution in [2.45, 2.75) is 17.0 Å². The number of nitrogens with two attached hydrogens (primary N) is 1. The lowest BCUT2D eigenvalue weighted by Crippen LogP contribution is -1.90. The molecule has 1 aromatic carbocycles. The third kappa shape index (κ3) is 2.49. The number of halogens is 1. The van der Waals surface area contributed by atoms with E-state index in [2.05, 4.69) is 9.97 Å². The van der Waals surface area contributed by atoms with Gasteiger partial charge < -0.3 is 5.73 Å². The molecular formula is C11H10FN3S. The van der Waals surface area contributed by atoms with Crippen LogP contribution in [0.2, 0.25) is 0 Å². The van der Waals surface area contributed by atoms with Gasteiger partial charge in [-0.05, 0) is 42.4 Å². The van der Waals surface area contributed by atoms with Crippen molar-refractivity contribution < 1.29 is 4.39 Å². The molecule has 0 saturated carbocycles. The maximum Gasteiger partial charge on any atom is 0.192 e. The summed E-state index contributed by atoms with van der Waals surface area (Å²) in [7, 11) is 0. The summed E-state index contributed by atoms with van der Waals surface area (Å²) in [5.74, 6) is -0.353. The fourth-order valence-corrected chi connectivity index (χ4v) is 1.83. The second-order valence-corrected chi connectivity index (χ2v) is 4.34. The number of nitrogens with zero attached hydrogens (tertiary/aromatic N) is 2. The van der Waals surface area contributed by atoms with E-state index in [1.54, 1.807) is 24.5 Å². The lowest BCUT2D eigenvalue weighted by Gasteiger charge is -2.02. The van der Waals surface area contributed by atoms with E-state index in [9.17, 15) is 4.39 Å². The zero-order chi connectivity index (χ0) is 11.5. The van der Waals surface area contributed by atoms with E-state index in [4.69, 9.17) is 5.73 Å². The van der Waals surface area contributed by atoms with Crippen molar-refractivity contribution in [3.05, 3.63) is 42.0 Å². The molecule has 0 bridgehead atoms. The fraction of sp³-hybridized carbons (Fsp3) is 0.0909. The van der Waals surface area contributed by atoms with Gasteiger partial charge in [0.05, 0.1) is 4.90 Å². The van der Waals surface area contributed by atoms with Crippen LogP contribution < -0.4 is 5.73 Å². The SMILES string of the molecule is Cc1cnc(Sc2ccc(N)cc2F)nc1. The summed E-state index contributed by atoms with van der Waals surface area (Å²) < 4.78 is 13.5. The maximum atomic E-state index is 13.5. The zero-order valence-electron chi connectivity index (χ0n) is 8.64. The molecule has 0 radical (unpaired) electrons. The third-order valence-corrected chi connectivity index (χ3v) is 2.86. The monoisotopic (exact) mass is 235 g/mol. The molecule has 0 spiro atoms. The van der Waals surface area contributed by atoms with Crippen LogP contribution in [0.15, 0.2) is 40.6 Å². The molecule has 0 fully saturated rings. The van der Waals surface area contributed by atoms with E-state index in [1.807, 2.05) is 6.92 Å². The standard InChI is InChI=1S/C11H10FN3S/c1-7-5-14-11(15-6-7)16-10-3-2-8(13)4-9(10)12/h2-6H,13H2,1H3. The van der Waals surface area contributed by atoms with Crippen LogP contribution in [0.4, 0.5) is 10.1 Å². The van der Waals surface area contributed by atoms with Crippen molar-refractivity contribution >= 4 is 17.4 Å². The maximum absolute atomic E-state index is 13.5. The normalized spacial score (nSPS) is 10.4. The van der Waals surface area contributed by atoms with Crippen LogP contribution in [-0.4, -0.2) is 9.97 Å². The predicted octanol–water partition coefficient (Wildman–Crippen LogP) is 2.66. The molecule has 2 rings (SSSR count). The lowest BCUT2D eigenvalue weighted by atomic mass is 10.3. The molecule has 0 aliphatic rings. The number of nitrogen functional groups attached to an aromatic ring is 1. The van der Waals surface area contributed by atoms with Crippen LogP contribution in [0.1, 0.15) is 5.56 Å². The third-order valence-electron chi connectivity index (χ3n) is 1.91. The molecule has 82 valence electrons. The van der Waals surface area contributed by atoms with Crippen molar-refractivity contribution in [1.29, 1.82) is 0 Å². The van der Waals surface area contributed by atoms with Gasteiger partial charge in [-0.2, -0.15) is 0 Å². The van der Waals surface area contributed by atoms with Gasteiger partial charge in [-0.15, -0.1) is 0 Å². The van der Waals surface area contributed by atoms with Gasteiger partial charge in [-0.1, -0.05) is 0 Å². The molecule has 0 aliphatic heterocycles. The molecule has 16 heavy (non-hydrogen) atoms. The molecule has 1 aromatic heterocycles. The Balaban J connectivity index is 2.23. The number of hydrogen-bond donors (Lipinski definition) is 1. The van der Waals surface area contributed by atoms with Crippen molar-refractivity contribution in [2.24, 2.45) is 0 Å². The van der Waals surface area contributed by atoms with Crippen LogP contribution in [-0.2, 0) is 0 Å². The summed E-state index contributed by atoms with van der Waals surface area (Å²) >= 11 is 1.18. The van der Waals surface area contributed by atoms with E-state index < -0.39 is 0 Å². The summed E-state index contributed by atoms with van der Waals surface area (Å²) in [5.41, 5.74) is 6.84. The Bertz CT molecular complexity index is 499. The Morgan fingerprint density at radius 1 is 1.25 bits per heavy atom. The number of benzene rings is 1. The Morgan fingerprint density at radius 3 is 2.56 bits per heavy atom. The first-order valence-corrected chi connectivity index (χ1v) is 5.48. The highest BCUT2D eigenvalue weighted by Gasteiger charge is 2.06. The van der Waals surface area contributed by atoms with Crippen molar-refractivity contribution in [3.63, 3.8) is 0 Å².